The molecule has 0 amide bonds. The summed E-state index contributed by atoms with van der Waals surface area (Å²) in [4.78, 5) is 14.8. The highest BCUT2D eigenvalue weighted by Gasteiger charge is 2.10. The van der Waals surface area contributed by atoms with Crippen LogP contribution in [0.1, 0.15) is 16.1 Å². The van der Waals surface area contributed by atoms with E-state index in [1.165, 1.54) is 17.8 Å². The molecule has 2 heterocycles. The van der Waals surface area contributed by atoms with Crippen LogP contribution in [0.3, 0.4) is 0 Å². The molecule has 0 spiro atoms. The van der Waals surface area contributed by atoms with E-state index in [4.69, 9.17) is 9.52 Å². The number of hydrogen-bond acceptors (Lipinski definition) is 4. The smallest absolute Gasteiger partial charge is 0.371 e. The number of aromatic carboxylic acids is 1. The summed E-state index contributed by atoms with van der Waals surface area (Å²) in [6.45, 7) is 1.96. The van der Waals surface area contributed by atoms with E-state index in [2.05, 4.69) is 4.98 Å². The minimum Gasteiger partial charge on any atom is -0.475 e. The number of hydrogen-bond donors (Lipinski definition) is 1. The first-order valence-electron chi connectivity index (χ1n) is 4.59. The zero-order chi connectivity index (χ0) is 11.5. The maximum absolute atomic E-state index is 10.6. The van der Waals surface area contributed by atoms with E-state index < -0.39 is 5.97 Å². The highest BCUT2D eigenvalue weighted by atomic mass is 32.2. The van der Waals surface area contributed by atoms with Gasteiger partial charge in [0.15, 0.2) is 5.09 Å². The van der Waals surface area contributed by atoms with Gasteiger partial charge in [-0.3, -0.25) is 0 Å². The minimum atomic E-state index is -1.07. The number of furan rings is 1. The van der Waals surface area contributed by atoms with Crippen LogP contribution in [0.5, 0.6) is 0 Å². The summed E-state index contributed by atoms with van der Waals surface area (Å²) >= 11 is 1.29. The Morgan fingerprint density at radius 1 is 1.38 bits per heavy atom. The molecule has 0 saturated carbocycles. The van der Waals surface area contributed by atoms with Crippen molar-refractivity contribution in [3.05, 3.63) is 41.8 Å². The molecular formula is C11H9NO3S. The molecule has 0 saturated heterocycles. The molecule has 0 fully saturated rings. The number of rotatable bonds is 3. The Labute approximate surface area is 96.3 Å². The summed E-state index contributed by atoms with van der Waals surface area (Å²) in [5, 5.41) is 9.98. The molecule has 1 N–H and O–H groups in total. The van der Waals surface area contributed by atoms with Gasteiger partial charge < -0.3 is 9.52 Å². The maximum Gasteiger partial charge on any atom is 0.371 e. The summed E-state index contributed by atoms with van der Waals surface area (Å²) < 4.78 is 5.10. The van der Waals surface area contributed by atoms with Crippen molar-refractivity contribution in [2.24, 2.45) is 0 Å². The zero-order valence-electron chi connectivity index (χ0n) is 8.51. The van der Waals surface area contributed by atoms with Gasteiger partial charge in [0.05, 0.1) is 0 Å². The average molecular weight is 235 g/mol. The fourth-order valence-corrected chi connectivity index (χ4v) is 1.82. The molecule has 0 aliphatic carbocycles. The van der Waals surface area contributed by atoms with Crippen molar-refractivity contribution in [3.63, 3.8) is 0 Å². The molecule has 0 radical (unpaired) electrons. The normalized spacial score (nSPS) is 10.3. The van der Waals surface area contributed by atoms with Crippen LogP contribution in [0.4, 0.5) is 0 Å². The third kappa shape index (κ3) is 2.43. The summed E-state index contributed by atoms with van der Waals surface area (Å²) in [6, 6.07) is 6.86. The van der Waals surface area contributed by atoms with Gasteiger partial charge in [-0.15, -0.1) is 0 Å². The van der Waals surface area contributed by atoms with Gasteiger partial charge in [0, 0.05) is 6.20 Å². The van der Waals surface area contributed by atoms with Crippen LogP contribution in [0.25, 0.3) is 0 Å². The van der Waals surface area contributed by atoms with E-state index in [0.29, 0.717) is 5.09 Å². The largest absolute Gasteiger partial charge is 0.475 e. The van der Waals surface area contributed by atoms with Crippen LogP contribution < -0.4 is 0 Å². The molecule has 5 heteroatoms. The lowest BCUT2D eigenvalue weighted by Crippen LogP contribution is -1.91. The van der Waals surface area contributed by atoms with Crippen LogP contribution in [0, 0.1) is 6.92 Å². The molecule has 0 atom stereocenters. The van der Waals surface area contributed by atoms with Crippen molar-refractivity contribution < 1.29 is 14.3 Å². The number of carboxylic acids is 1. The summed E-state index contributed by atoms with van der Waals surface area (Å²) in [5.74, 6) is -1.13. The van der Waals surface area contributed by atoms with Crippen LogP contribution in [0.2, 0.25) is 0 Å². The van der Waals surface area contributed by atoms with Gasteiger partial charge in [0.2, 0.25) is 5.76 Å². The minimum absolute atomic E-state index is 0.0605. The predicted molar refractivity (Wildman–Crippen MR) is 58.8 cm³/mol. The van der Waals surface area contributed by atoms with Gasteiger partial charge in [-0.05, 0) is 42.4 Å². The number of nitrogens with zero attached hydrogens (tertiary/aromatic N) is 1. The highest BCUT2D eigenvalue weighted by molar-refractivity contribution is 7.99. The molecule has 2 aromatic rings. The third-order valence-electron chi connectivity index (χ3n) is 1.88. The van der Waals surface area contributed by atoms with E-state index >= 15 is 0 Å². The monoisotopic (exact) mass is 235 g/mol. The van der Waals surface area contributed by atoms with Gasteiger partial charge >= 0.3 is 5.97 Å². The number of aromatic nitrogens is 1. The molecule has 16 heavy (non-hydrogen) atoms. The van der Waals surface area contributed by atoms with Gasteiger partial charge in [-0.25, -0.2) is 9.78 Å². The molecule has 2 rings (SSSR count). The van der Waals surface area contributed by atoms with Crippen LogP contribution >= 0.6 is 11.8 Å². The first kappa shape index (κ1) is 10.8. The van der Waals surface area contributed by atoms with Crippen molar-refractivity contribution in [1.29, 1.82) is 0 Å². The summed E-state index contributed by atoms with van der Waals surface area (Å²) in [6.07, 6.45) is 1.75. The lowest BCUT2D eigenvalue weighted by atomic mass is 10.3. The third-order valence-corrected chi connectivity index (χ3v) is 2.75. The number of pyridine rings is 1. The average Bonchev–Trinajstić information content (AvgIpc) is 2.70. The molecule has 0 aromatic carbocycles. The van der Waals surface area contributed by atoms with Crippen molar-refractivity contribution in [1.82, 2.24) is 4.98 Å². The van der Waals surface area contributed by atoms with E-state index in [9.17, 15) is 4.79 Å². The maximum atomic E-state index is 10.6. The Hall–Kier alpha value is -1.75. The number of carboxylic acid groups (broad SMARTS) is 1. The summed E-state index contributed by atoms with van der Waals surface area (Å²) in [5.41, 5.74) is 1.08. The molecule has 0 aliphatic heterocycles. The Balaban J connectivity index is 2.14. The molecule has 82 valence electrons. The highest BCUT2D eigenvalue weighted by Crippen LogP contribution is 2.27. The zero-order valence-corrected chi connectivity index (χ0v) is 9.32. The van der Waals surface area contributed by atoms with Gasteiger partial charge in [-0.2, -0.15) is 0 Å². The molecular weight excluding hydrogens is 226 g/mol. The lowest BCUT2D eigenvalue weighted by molar-refractivity contribution is 0.0656. The molecule has 0 aliphatic rings. The molecule has 0 bridgehead atoms. The van der Waals surface area contributed by atoms with Gasteiger partial charge in [0.25, 0.3) is 0 Å². The van der Waals surface area contributed by atoms with Crippen LogP contribution in [-0.2, 0) is 0 Å². The van der Waals surface area contributed by atoms with Crippen LogP contribution in [-0.4, -0.2) is 16.1 Å². The Morgan fingerprint density at radius 3 is 2.75 bits per heavy atom. The van der Waals surface area contributed by atoms with Crippen molar-refractivity contribution in [2.45, 2.75) is 17.0 Å². The predicted octanol–water partition coefficient (Wildman–Crippen LogP) is 2.83. The second-order valence-electron chi connectivity index (χ2n) is 3.20. The van der Waals surface area contributed by atoms with Crippen molar-refractivity contribution in [2.75, 3.05) is 0 Å². The fourth-order valence-electron chi connectivity index (χ4n) is 1.11. The lowest BCUT2D eigenvalue weighted by Gasteiger charge is -1.97. The first-order chi connectivity index (χ1) is 7.65. The quantitative estimate of drug-likeness (QED) is 0.886. The second-order valence-corrected chi connectivity index (χ2v) is 4.22. The van der Waals surface area contributed by atoms with Crippen molar-refractivity contribution in [3.8, 4) is 0 Å². The van der Waals surface area contributed by atoms with Crippen LogP contribution in [0.15, 0.2) is 45.0 Å². The SMILES string of the molecule is Cc1ccc(Sc2ccc(C(=O)O)o2)nc1. The van der Waals surface area contributed by atoms with Gasteiger partial charge in [-0.1, -0.05) is 6.07 Å². The Bertz CT molecular complexity index is 504. The topological polar surface area (TPSA) is 63.3 Å². The van der Waals surface area contributed by atoms with E-state index in [1.54, 1.807) is 12.3 Å². The van der Waals surface area contributed by atoms with E-state index in [1.807, 2.05) is 19.1 Å². The number of carbonyl (C=O) groups is 1. The standard InChI is InChI=1S/C11H9NO3S/c1-7-2-4-9(12-6-7)16-10-5-3-8(15-10)11(13)14/h2-6H,1H3,(H,13,14). The molecule has 2 aromatic heterocycles. The number of aryl methyl sites for hydroxylation is 1. The van der Waals surface area contributed by atoms with Gasteiger partial charge in [0.1, 0.15) is 5.03 Å². The van der Waals surface area contributed by atoms with E-state index in [0.717, 1.165) is 10.6 Å². The first-order valence-corrected chi connectivity index (χ1v) is 5.40. The summed E-state index contributed by atoms with van der Waals surface area (Å²) in [7, 11) is 0. The Kier molecular flexibility index (Phi) is 2.96. The second kappa shape index (κ2) is 4.40. The molecule has 4 nitrogen and oxygen atoms in total. The van der Waals surface area contributed by atoms with Crippen molar-refractivity contribution >= 4 is 17.7 Å². The van der Waals surface area contributed by atoms with E-state index in [-0.39, 0.29) is 5.76 Å². The fraction of sp³-hybridized carbons (Fsp3) is 0.0909. The molecule has 0 unspecified atom stereocenters. The Morgan fingerprint density at radius 2 is 2.19 bits per heavy atom.